The number of pyridine rings is 1. The maximum atomic E-state index is 11.9. The number of carbonyl (C=O) groups is 2. The van der Waals surface area contributed by atoms with Crippen LogP contribution >= 0.6 is 0 Å². The van der Waals surface area contributed by atoms with Crippen LogP contribution in [0.5, 0.6) is 0 Å². The number of rotatable bonds is 3. The Morgan fingerprint density at radius 3 is 2.77 bits per heavy atom. The van der Waals surface area contributed by atoms with E-state index in [0.717, 1.165) is 18.2 Å². The van der Waals surface area contributed by atoms with Crippen molar-refractivity contribution < 1.29 is 14.7 Å². The lowest BCUT2D eigenvalue weighted by Gasteiger charge is -2.47. The number of anilines is 1. The molecule has 3 rings (SSSR count). The normalized spacial score (nSPS) is 21.0. The molecule has 2 amide bonds. The minimum atomic E-state index is -0.923. The number of hydrogen-bond donors (Lipinski definition) is 4. The smallest absolute Gasteiger partial charge is 0.407 e. The molecule has 2 aromatic heterocycles. The number of hydrogen-bond acceptors (Lipinski definition) is 4. The topological polar surface area (TPSA) is 124 Å². The van der Waals surface area contributed by atoms with E-state index in [1.54, 1.807) is 6.20 Å². The number of nitrogens with one attached hydrogen (secondary N) is 2. The fraction of sp³-hybridized carbons (Fsp3) is 0.500. The molecule has 0 aliphatic carbocycles. The highest BCUT2D eigenvalue weighted by molar-refractivity contribution is 6.06. The Morgan fingerprint density at radius 2 is 2.15 bits per heavy atom. The average molecular weight is 359 g/mol. The molecule has 1 unspecified atom stereocenters. The third-order valence-corrected chi connectivity index (χ3v) is 4.95. The molecule has 26 heavy (non-hydrogen) atoms. The van der Waals surface area contributed by atoms with Crippen LogP contribution in [0.15, 0.2) is 18.5 Å². The quantitative estimate of drug-likeness (QED) is 0.670. The SMILES string of the molecule is CC(C)(C)C1[C@H](Nc2c(C(N)=O)cnc3[nH]ccc23)CCCN1C(=O)O. The molecule has 1 fully saturated rings. The Morgan fingerprint density at radius 1 is 1.42 bits per heavy atom. The van der Waals surface area contributed by atoms with E-state index in [2.05, 4.69) is 15.3 Å². The molecule has 1 aliphatic heterocycles. The standard InChI is InChI=1S/C18H25N5O3/c1-18(2,3)14-12(5-4-8-23(14)17(25)26)22-13-10-6-7-20-16(10)21-9-11(13)15(19)24/h6-7,9,12,14H,4-5,8H2,1-3H3,(H2,19,24)(H,25,26)(H2,20,21,22)/t12-,14?/m1/s1. The molecule has 8 nitrogen and oxygen atoms in total. The van der Waals surface area contributed by atoms with E-state index in [4.69, 9.17) is 5.73 Å². The number of aromatic nitrogens is 2. The van der Waals surface area contributed by atoms with E-state index in [1.165, 1.54) is 11.1 Å². The Kier molecular flexibility index (Phi) is 4.52. The molecule has 5 N–H and O–H groups in total. The number of nitrogens with two attached hydrogens (primary N) is 1. The number of carboxylic acid groups (broad SMARTS) is 1. The van der Waals surface area contributed by atoms with Gasteiger partial charge in [0.2, 0.25) is 0 Å². The minimum Gasteiger partial charge on any atom is -0.465 e. The number of nitrogens with zero attached hydrogens (tertiary/aromatic N) is 2. The zero-order chi connectivity index (χ0) is 19.1. The average Bonchev–Trinajstić information content (AvgIpc) is 3.02. The summed E-state index contributed by atoms with van der Waals surface area (Å²) in [5.41, 5.74) is 6.83. The molecule has 0 spiro atoms. The second-order valence-electron chi connectivity index (χ2n) is 7.83. The Labute approximate surface area is 151 Å². The molecular formula is C18H25N5O3. The highest BCUT2D eigenvalue weighted by atomic mass is 16.4. The van der Waals surface area contributed by atoms with Gasteiger partial charge >= 0.3 is 6.09 Å². The van der Waals surface area contributed by atoms with Crippen LogP contribution in [0.4, 0.5) is 10.5 Å². The fourth-order valence-electron chi connectivity index (χ4n) is 3.97. The minimum absolute atomic E-state index is 0.140. The number of carbonyl (C=O) groups excluding carboxylic acids is 1. The molecule has 1 aliphatic rings. The van der Waals surface area contributed by atoms with Crippen LogP contribution in [0, 0.1) is 5.41 Å². The van der Waals surface area contributed by atoms with Crippen LogP contribution in [-0.2, 0) is 0 Å². The largest absolute Gasteiger partial charge is 0.465 e. The summed E-state index contributed by atoms with van der Waals surface area (Å²) in [5, 5.41) is 13.8. The molecule has 0 bridgehead atoms. The van der Waals surface area contributed by atoms with Gasteiger partial charge < -0.3 is 26.0 Å². The van der Waals surface area contributed by atoms with Gasteiger partial charge in [-0.3, -0.25) is 4.79 Å². The molecule has 1 saturated heterocycles. The number of H-pyrrole nitrogens is 1. The first kappa shape index (κ1) is 18.0. The Hall–Kier alpha value is -2.77. The predicted octanol–water partition coefficient (Wildman–Crippen LogP) is 2.63. The van der Waals surface area contributed by atoms with E-state index >= 15 is 0 Å². The molecular weight excluding hydrogens is 334 g/mol. The molecule has 3 heterocycles. The van der Waals surface area contributed by atoms with Crippen molar-refractivity contribution >= 4 is 28.7 Å². The summed E-state index contributed by atoms with van der Waals surface area (Å²) < 4.78 is 0. The number of likely N-dealkylation sites (tertiary alicyclic amines) is 1. The van der Waals surface area contributed by atoms with Crippen LogP contribution in [-0.4, -0.2) is 50.6 Å². The summed E-state index contributed by atoms with van der Waals surface area (Å²) in [7, 11) is 0. The Balaban J connectivity index is 2.05. The van der Waals surface area contributed by atoms with Gasteiger partial charge in [0.1, 0.15) is 5.65 Å². The summed E-state index contributed by atoms with van der Waals surface area (Å²) in [6.45, 7) is 6.59. The first-order valence-electron chi connectivity index (χ1n) is 8.72. The summed E-state index contributed by atoms with van der Waals surface area (Å²) in [6.07, 6.45) is 3.84. The summed E-state index contributed by atoms with van der Waals surface area (Å²) >= 11 is 0. The number of fused-ring (bicyclic) bond motifs is 1. The highest BCUT2D eigenvalue weighted by Crippen LogP contribution is 2.36. The fourth-order valence-corrected chi connectivity index (χ4v) is 3.97. The van der Waals surface area contributed by atoms with Gasteiger partial charge in [0.25, 0.3) is 5.91 Å². The second-order valence-corrected chi connectivity index (χ2v) is 7.83. The van der Waals surface area contributed by atoms with Crippen molar-refractivity contribution in [1.29, 1.82) is 0 Å². The summed E-state index contributed by atoms with van der Waals surface area (Å²) in [6, 6.07) is 1.45. The van der Waals surface area contributed by atoms with Gasteiger partial charge in [0.15, 0.2) is 0 Å². The summed E-state index contributed by atoms with van der Waals surface area (Å²) in [4.78, 5) is 32.4. The predicted molar refractivity (Wildman–Crippen MR) is 99.2 cm³/mol. The third-order valence-electron chi connectivity index (χ3n) is 4.95. The van der Waals surface area contributed by atoms with E-state index in [9.17, 15) is 14.7 Å². The molecule has 8 heteroatoms. The van der Waals surface area contributed by atoms with Gasteiger partial charge in [0.05, 0.1) is 17.3 Å². The van der Waals surface area contributed by atoms with Crippen molar-refractivity contribution in [3.8, 4) is 0 Å². The highest BCUT2D eigenvalue weighted by Gasteiger charge is 2.42. The second kappa shape index (κ2) is 6.51. The van der Waals surface area contributed by atoms with Crippen molar-refractivity contribution in [3.63, 3.8) is 0 Å². The van der Waals surface area contributed by atoms with Crippen molar-refractivity contribution in [2.75, 3.05) is 11.9 Å². The van der Waals surface area contributed by atoms with E-state index in [0.29, 0.717) is 23.4 Å². The van der Waals surface area contributed by atoms with Crippen LogP contribution in [0.1, 0.15) is 44.0 Å². The van der Waals surface area contributed by atoms with Crippen LogP contribution in [0.25, 0.3) is 11.0 Å². The lowest BCUT2D eigenvalue weighted by atomic mass is 9.77. The zero-order valence-electron chi connectivity index (χ0n) is 15.2. The maximum Gasteiger partial charge on any atom is 0.407 e. The van der Waals surface area contributed by atoms with Crippen molar-refractivity contribution in [1.82, 2.24) is 14.9 Å². The van der Waals surface area contributed by atoms with Gasteiger partial charge in [-0.15, -0.1) is 0 Å². The van der Waals surface area contributed by atoms with E-state index < -0.39 is 12.0 Å². The lowest BCUT2D eigenvalue weighted by molar-refractivity contribution is 0.0519. The third kappa shape index (κ3) is 3.18. The molecule has 0 aromatic carbocycles. The molecule has 2 aromatic rings. The first-order chi connectivity index (χ1) is 12.2. The van der Waals surface area contributed by atoms with Crippen molar-refractivity contribution in [2.24, 2.45) is 11.1 Å². The number of primary amides is 1. The van der Waals surface area contributed by atoms with Gasteiger partial charge in [-0.05, 0) is 24.3 Å². The lowest BCUT2D eigenvalue weighted by Crippen LogP contribution is -2.58. The van der Waals surface area contributed by atoms with Crippen LogP contribution < -0.4 is 11.1 Å². The number of amides is 2. The van der Waals surface area contributed by atoms with Gasteiger partial charge in [-0.2, -0.15) is 0 Å². The van der Waals surface area contributed by atoms with Gasteiger partial charge in [-0.25, -0.2) is 9.78 Å². The number of piperidine rings is 1. The monoisotopic (exact) mass is 359 g/mol. The first-order valence-corrected chi connectivity index (χ1v) is 8.72. The van der Waals surface area contributed by atoms with Gasteiger partial charge in [-0.1, -0.05) is 20.8 Å². The van der Waals surface area contributed by atoms with Gasteiger partial charge in [0, 0.05) is 30.4 Å². The van der Waals surface area contributed by atoms with Crippen LogP contribution in [0.3, 0.4) is 0 Å². The maximum absolute atomic E-state index is 11.9. The molecule has 0 saturated carbocycles. The summed E-state index contributed by atoms with van der Waals surface area (Å²) in [5.74, 6) is -0.568. The van der Waals surface area contributed by atoms with E-state index in [1.807, 2.05) is 26.8 Å². The molecule has 2 atom stereocenters. The van der Waals surface area contributed by atoms with Crippen molar-refractivity contribution in [2.45, 2.75) is 45.7 Å². The number of aromatic amines is 1. The van der Waals surface area contributed by atoms with Crippen molar-refractivity contribution in [3.05, 3.63) is 24.0 Å². The Bertz CT molecular complexity index is 839. The zero-order valence-corrected chi connectivity index (χ0v) is 15.2. The molecule has 0 radical (unpaired) electrons. The molecule has 140 valence electrons. The van der Waals surface area contributed by atoms with Crippen LogP contribution in [0.2, 0.25) is 0 Å². The van der Waals surface area contributed by atoms with E-state index in [-0.39, 0.29) is 17.5 Å².